The molecule has 0 spiro atoms. The Hall–Kier alpha value is -3.02. The van der Waals surface area contributed by atoms with Gasteiger partial charge in [-0.15, -0.1) is 0 Å². The van der Waals surface area contributed by atoms with Gasteiger partial charge in [0, 0.05) is 37.3 Å². The van der Waals surface area contributed by atoms with Gasteiger partial charge in [0.2, 0.25) is 0 Å². The highest BCUT2D eigenvalue weighted by Crippen LogP contribution is 2.29. The quantitative estimate of drug-likeness (QED) is 0.829. The lowest BCUT2D eigenvalue weighted by Gasteiger charge is -2.15. The molecule has 0 aromatic heterocycles. The van der Waals surface area contributed by atoms with Crippen LogP contribution >= 0.6 is 0 Å². The molecule has 0 fully saturated rings. The van der Waals surface area contributed by atoms with Crippen molar-refractivity contribution >= 4 is 17.3 Å². The Morgan fingerprint density at radius 3 is 2.54 bits per heavy atom. The Labute approximate surface area is 153 Å². The first kappa shape index (κ1) is 17.8. The topological polar surface area (TPSA) is 54.4 Å². The molecular weight excluding hydrogens is 330 g/mol. The molecule has 2 aromatic carbocycles. The molecule has 0 radical (unpaired) electrons. The summed E-state index contributed by atoms with van der Waals surface area (Å²) in [6.45, 7) is 0.564. The zero-order valence-corrected chi connectivity index (χ0v) is 15.5. The van der Waals surface area contributed by atoms with Crippen LogP contribution in [-0.2, 0) is 0 Å². The number of hydrazone groups is 1. The number of benzene rings is 2. The zero-order valence-electron chi connectivity index (χ0n) is 15.5. The molecule has 2 aromatic rings. The van der Waals surface area contributed by atoms with Crippen LogP contribution in [0.4, 0.5) is 5.69 Å². The number of nitrogens with zero attached hydrogens (tertiary/aromatic N) is 3. The van der Waals surface area contributed by atoms with Gasteiger partial charge in [-0.3, -0.25) is 4.79 Å². The van der Waals surface area contributed by atoms with Crippen LogP contribution in [0.2, 0.25) is 0 Å². The molecule has 0 N–H and O–H groups in total. The Morgan fingerprint density at radius 2 is 1.85 bits per heavy atom. The van der Waals surface area contributed by atoms with Crippen LogP contribution in [-0.4, -0.2) is 51.5 Å². The lowest BCUT2D eigenvalue weighted by Crippen LogP contribution is -2.23. The Balaban J connectivity index is 1.83. The summed E-state index contributed by atoms with van der Waals surface area (Å²) in [5.74, 6) is 1.23. The van der Waals surface area contributed by atoms with Gasteiger partial charge in [-0.25, -0.2) is 5.01 Å². The van der Waals surface area contributed by atoms with Gasteiger partial charge >= 0.3 is 0 Å². The van der Waals surface area contributed by atoms with E-state index in [1.807, 2.05) is 61.5 Å². The van der Waals surface area contributed by atoms with Gasteiger partial charge in [-0.1, -0.05) is 6.07 Å². The van der Waals surface area contributed by atoms with E-state index in [-0.39, 0.29) is 5.91 Å². The average Bonchev–Trinajstić information content (AvgIpc) is 3.17. The minimum atomic E-state index is -0.0934. The van der Waals surface area contributed by atoms with Crippen molar-refractivity contribution in [2.75, 3.05) is 39.8 Å². The lowest BCUT2D eigenvalue weighted by molar-refractivity contribution is 0.0778. The number of rotatable bonds is 5. The molecule has 3 rings (SSSR count). The van der Waals surface area contributed by atoms with E-state index in [1.54, 1.807) is 14.2 Å². The molecule has 0 aliphatic carbocycles. The van der Waals surface area contributed by atoms with E-state index in [2.05, 4.69) is 5.10 Å². The van der Waals surface area contributed by atoms with Crippen LogP contribution in [0.3, 0.4) is 0 Å². The summed E-state index contributed by atoms with van der Waals surface area (Å²) in [6, 6.07) is 13.2. The first-order chi connectivity index (χ1) is 12.5. The van der Waals surface area contributed by atoms with Gasteiger partial charge in [-0.05, 0) is 36.4 Å². The first-order valence-corrected chi connectivity index (χ1v) is 8.42. The van der Waals surface area contributed by atoms with Crippen molar-refractivity contribution in [3.8, 4) is 11.5 Å². The van der Waals surface area contributed by atoms with Gasteiger partial charge in [0.05, 0.1) is 26.5 Å². The molecule has 0 unspecified atom stereocenters. The van der Waals surface area contributed by atoms with Crippen molar-refractivity contribution in [1.29, 1.82) is 0 Å². The molecule has 1 heterocycles. The fourth-order valence-corrected chi connectivity index (χ4v) is 2.89. The third-order valence-electron chi connectivity index (χ3n) is 4.36. The molecular formula is C20H23N3O3. The normalized spacial score (nSPS) is 13.4. The molecule has 1 aliphatic rings. The molecule has 6 nitrogen and oxygen atoms in total. The number of ether oxygens (including phenoxy) is 2. The molecule has 0 bridgehead atoms. The number of hydrogen-bond acceptors (Lipinski definition) is 5. The summed E-state index contributed by atoms with van der Waals surface area (Å²) in [4.78, 5) is 14.7. The summed E-state index contributed by atoms with van der Waals surface area (Å²) < 4.78 is 10.6. The molecule has 1 amide bonds. The standard InChI is InChI=1S/C20H23N3O3/c1-22(2)16-7-5-6-15(12-16)20(24)23-11-10-17(21-23)14-8-9-18(25-3)19(13-14)26-4/h5-9,12-13H,10-11H2,1-4H3. The molecule has 0 saturated carbocycles. The second kappa shape index (κ2) is 7.47. The van der Waals surface area contributed by atoms with Crippen LogP contribution < -0.4 is 14.4 Å². The van der Waals surface area contributed by atoms with Crippen molar-refractivity contribution in [2.45, 2.75) is 6.42 Å². The third kappa shape index (κ3) is 3.49. The number of carbonyl (C=O) groups excluding carboxylic acids is 1. The maximum absolute atomic E-state index is 12.8. The SMILES string of the molecule is COc1ccc(C2=NN(C(=O)c3cccc(N(C)C)c3)CC2)cc1OC. The Morgan fingerprint density at radius 1 is 1.08 bits per heavy atom. The number of hydrogen-bond donors (Lipinski definition) is 0. The van der Waals surface area contributed by atoms with Gasteiger partial charge in [0.1, 0.15) is 0 Å². The van der Waals surface area contributed by atoms with E-state index in [9.17, 15) is 4.79 Å². The van der Waals surface area contributed by atoms with Crippen molar-refractivity contribution in [3.63, 3.8) is 0 Å². The summed E-state index contributed by atoms with van der Waals surface area (Å²) in [5, 5.41) is 6.06. The average molecular weight is 353 g/mol. The van der Waals surface area contributed by atoms with Crippen LogP contribution in [0.25, 0.3) is 0 Å². The smallest absolute Gasteiger partial charge is 0.274 e. The van der Waals surface area contributed by atoms with Gasteiger partial charge in [0.25, 0.3) is 5.91 Å². The number of anilines is 1. The van der Waals surface area contributed by atoms with E-state index in [0.29, 0.717) is 30.0 Å². The van der Waals surface area contributed by atoms with Crippen LogP contribution in [0.5, 0.6) is 11.5 Å². The number of methoxy groups -OCH3 is 2. The van der Waals surface area contributed by atoms with E-state index < -0.39 is 0 Å². The van der Waals surface area contributed by atoms with E-state index >= 15 is 0 Å². The minimum absolute atomic E-state index is 0.0934. The monoisotopic (exact) mass is 353 g/mol. The zero-order chi connectivity index (χ0) is 18.7. The molecule has 0 saturated heterocycles. The molecule has 26 heavy (non-hydrogen) atoms. The summed E-state index contributed by atoms with van der Waals surface area (Å²) in [7, 11) is 7.11. The van der Waals surface area contributed by atoms with Crippen molar-refractivity contribution in [1.82, 2.24) is 5.01 Å². The van der Waals surface area contributed by atoms with Crippen molar-refractivity contribution in [3.05, 3.63) is 53.6 Å². The van der Waals surface area contributed by atoms with Gasteiger partial charge < -0.3 is 14.4 Å². The largest absolute Gasteiger partial charge is 0.493 e. The second-order valence-corrected chi connectivity index (χ2v) is 6.24. The van der Waals surface area contributed by atoms with Crippen molar-refractivity contribution < 1.29 is 14.3 Å². The number of carbonyl (C=O) groups is 1. The van der Waals surface area contributed by atoms with E-state index in [0.717, 1.165) is 17.0 Å². The van der Waals surface area contributed by atoms with Crippen LogP contribution in [0.15, 0.2) is 47.6 Å². The minimum Gasteiger partial charge on any atom is -0.493 e. The maximum atomic E-state index is 12.8. The van der Waals surface area contributed by atoms with E-state index in [4.69, 9.17) is 9.47 Å². The fraction of sp³-hybridized carbons (Fsp3) is 0.300. The highest BCUT2D eigenvalue weighted by Gasteiger charge is 2.23. The molecule has 136 valence electrons. The summed E-state index contributed by atoms with van der Waals surface area (Å²) >= 11 is 0. The molecule has 6 heteroatoms. The maximum Gasteiger partial charge on any atom is 0.274 e. The Bertz CT molecular complexity index is 846. The second-order valence-electron chi connectivity index (χ2n) is 6.24. The van der Waals surface area contributed by atoms with E-state index in [1.165, 1.54) is 5.01 Å². The van der Waals surface area contributed by atoms with Gasteiger partial charge in [-0.2, -0.15) is 5.10 Å². The lowest BCUT2D eigenvalue weighted by atomic mass is 10.1. The molecule has 0 atom stereocenters. The fourth-order valence-electron chi connectivity index (χ4n) is 2.89. The number of amides is 1. The van der Waals surface area contributed by atoms with Crippen molar-refractivity contribution in [2.24, 2.45) is 5.10 Å². The predicted molar refractivity (Wildman–Crippen MR) is 103 cm³/mol. The highest BCUT2D eigenvalue weighted by molar-refractivity contribution is 6.05. The van der Waals surface area contributed by atoms with Gasteiger partial charge in [0.15, 0.2) is 11.5 Å². The molecule has 1 aliphatic heterocycles. The summed E-state index contributed by atoms with van der Waals surface area (Å²) in [5.41, 5.74) is 3.41. The van der Waals surface area contributed by atoms with Crippen LogP contribution in [0, 0.1) is 0 Å². The third-order valence-corrected chi connectivity index (χ3v) is 4.36. The highest BCUT2D eigenvalue weighted by atomic mass is 16.5. The first-order valence-electron chi connectivity index (χ1n) is 8.42. The summed E-state index contributed by atoms with van der Waals surface area (Å²) in [6.07, 6.45) is 0.703. The Kier molecular flexibility index (Phi) is 5.11. The van der Waals surface area contributed by atoms with Crippen LogP contribution in [0.1, 0.15) is 22.3 Å². The predicted octanol–water partition coefficient (Wildman–Crippen LogP) is 3.02.